The van der Waals surface area contributed by atoms with E-state index in [1.165, 1.54) is 24.3 Å². The van der Waals surface area contributed by atoms with E-state index in [9.17, 15) is 22.8 Å². The number of carbonyl (C=O) groups is 2. The van der Waals surface area contributed by atoms with Crippen LogP contribution in [-0.4, -0.2) is 29.1 Å². The molecule has 1 unspecified atom stereocenters. The summed E-state index contributed by atoms with van der Waals surface area (Å²) in [5.74, 6) is -0.920. The quantitative estimate of drug-likeness (QED) is 0.718. The number of benzene rings is 2. The largest absolute Gasteiger partial charge is 0.573 e. The standard InChI is InChI=1S/C24H22F3N3O3/c25-24(26,27)33-18-11-7-16(8-12-18)14-29-22(31)21-19-3-1-2-4-20(19)23(32)30(21)17-9-5-15(13-28)6-10-17/h1-4,7-8,11-12,15,17,21H,5-6,9-10,14H2,(H,29,31)/t15-,17+,21?. The summed E-state index contributed by atoms with van der Waals surface area (Å²) in [6.07, 6.45) is -2.09. The summed E-state index contributed by atoms with van der Waals surface area (Å²) in [4.78, 5) is 28.0. The van der Waals surface area contributed by atoms with Gasteiger partial charge >= 0.3 is 6.36 Å². The minimum absolute atomic E-state index is 0.0297. The smallest absolute Gasteiger partial charge is 0.406 e. The zero-order chi connectivity index (χ0) is 23.6. The van der Waals surface area contributed by atoms with Crippen LogP contribution < -0.4 is 10.1 Å². The number of nitrogens with zero attached hydrogens (tertiary/aromatic N) is 2. The van der Waals surface area contributed by atoms with Gasteiger partial charge in [0.1, 0.15) is 11.8 Å². The molecule has 33 heavy (non-hydrogen) atoms. The van der Waals surface area contributed by atoms with Crippen LogP contribution in [0.25, 0.3) is 0 Å². The van der Waals surface area contributed by atoms with Crippen molar-refractivity contribution in [2.45, 2.75) is 50.7 Å². The molecule has 9 heteroatoms. The molecule has 0 aromatic heterocycles. The van der Waals surface area contributed by atoms with Crippen LogP contribution in [0.4, 0.5) is 13.2 Å². The van der Waals surface area contributed by atoms with E-state index in [0.29, 0.717) is 42.4 Å². The summed E-state index contributed by atoms with van der Waals surface area (Å²) >= 11 is 0. The fraction of sp³-hybridized carbons (Fsp3) is 0.375. The number of ether oxygens (including phenoxy) is 1. The molecule has 1 fully saturated rings. The molecule has 0 spiro atoms. The summed E-state index contributed by atoms with van der Waals surface area (Å²) in [6.45, 7) is 0.0903. The molecule has 0 saturated heterocycles. The Bertz CT molecular complexity index is 1070. The lowest BCUT2D eigenvalue weighted by Gasteiger charge is -2.36. The monoisotopic (exact) mass is 457 g/mol. The zero-order valence-electron chi connectivity index (χ0n) is 17.6. The van der Waals surface area contributed by atoms with Crippen molar-refractivity contribution >= 4 is 11.8 Å². The molecular weight excluding hydrogens is 435 g/mol. The van der Waals surface area contributed by atoms with Crippen LogP contribution in [0.1, 0.15) is 53.2 Å². The van der Waals surface area contributed by atoms with E-state index in [1.54, 1.807) is 29.2 Å². The predicted molar refractivity (Wildman–Crippen MR) is 112 cm³/mol. The molecule has 1 saturated carbocycles. The van der Waals surface area contributed by atoms with Crippen molar-refractivity contribution in [1.29, 1.82) is 5.26 Å². The normalized spacial score (nSPS) is 22.4. The highest BCUT2D eigenvalue weighted by atomic mass is 19.4. The number of nitriles is 1. The lowest BCUT2D eigenvalue weighted by Crippen LogP contribution is -2.45. The molecular formula is C24H22F3N3O3. The molecule has 2 aromatic carbocycles. The van der Waals surface area contributed by atoms with Crippen molar-refractivity contribution in [3.05, 3.63) is 65.2 Å². The average molecular weight is 457 g/mol. The molecule has 2 aromatic rings. The van der Waals surface area contributed by atoms with Crippen molar-refractivity contribution < 1.29 is 27.5 Å². The van der Waals surface area contributed by atoms with Gasteiger partial charge in [-0.3, -0.25) is 9.59 Å². The third-order valence-corrected chi connectivity index (χ3v) is 6.14. The number of nitrogens with one attached hydrogen (secondary N) is 1. The van der Waals surface area contributed by atoms with E-state index in [2.05, 4.69) is 16.1 Å². The first-order valence-electron chi connectivity index (χ1n) is 10.7. The van der Waals surface area contributed by atoms with E-state index in [4.69, 9.17) is 5.26 Å². The zero-order valence-corrected chi connectivity index (χ0v) is 17.6. The molecule has 6 nitrogen and oxygen atoms in total. The highest BCUT2D eigenvalue weighted by Crippen LogP contribution is 2.39. The molecule has 1 aliphatic carbocycles. The van der Waals surface area contributed by atoms with Gasteiger partial charge in [-0.05, 0) is 55.0 Å². The lowest BCUT2D eigenvalue weighted by molar-refractivity contribution is -0.274. The molecule has 0 bridgehead atoms. The molecule has 1 heterocycles. The van der Waals surface area contributed by atoms with Gasteiger partial charge in [0.15, 0.2) is 0 Å². The Morgan fingerprint density at radius 3 is 2.39 bits per heavy atom. The molecule has 172 valence electrons. The van der Waals surface area contributed by atoms with Gasteiger partial charge in [-0.2, -0.15) is 5.26 Å². The highest BCUT2D eigenvalue weighted by Gasteiger charge is 2.45. The summed E-state index contributed by atoms with van der Waals surface area (Å²) in [5.41, 5.74) is 1.72. The number of halogens is 3. The van der Waals surface area contributed by atoms with Crippen LogP contribution in [0.5, 0.6) is 5.75 Å². The average Bonchev–Trinajstić information content (AvgIpc) is 3.10. The van der Waals surface area contributed by atoms with Crippen LogP contribution >= 0.6 is 0 Å². The predicted octanol–water partition coefficient (Wildman–Crippen LogP) is 4.48. The summed E-state index contributed by atoms with van der Waals surface area (Å²) in [5, 5.41) is 12.0. The first-order chi connectivity index (χ1) is 15.8. The van der Waals surface area contributed by atoms with Crippen LogP contribution in [0.15, 0.2) is 48.5 Å². The minimum atomic E-state index is -4.77. The Hall–Kier alpha value is -3.54. The Morgan fingerprint density at radius 1 is 1.09 bits per heavy atom. The number of hydrogen-bond acceptors (Lipinski definition) is 4. The summed E-state index contributed by atoms with van der Waals surface area (Å²) in [7, 11) is 0. The Kier molecular flexibility index (Phi) is 6.27. The van der Waals surface area contributed by atoms with E-state index in [0.717, 1.165) is 0 Å². The number of amides is 2. The Labute approximate surface area is 188 Å². The SMILES string of the molecule is N#C[C@H]1CC[C@@H](N2C(=O)c3ccccc3C2C(=O)NCc2ccc(OC(F)(F)F)cc2)CC1. The molecule has 1 aliphatic heterocycles. The van der Waals surface area contributed by atoms with Crippen LogP contribution in [0, 0.1) is 17.2 Å². The second-order valence-corrected chi connectivity index (χ2v) is 8.25. The van der Waals surface area contributed by atoms with Crippen molar-refractivity contribution in [3.8, 4) is 11.8 Å². The topological polar surface area (TPSA) is 82.4 Å². The van der Waals surface area contributed by atoms with E-state index < -0.39 is 12.4 Å². The Balaban J connectivity index is 1.48. The van der Waals surface area contributed by atoms with Crippen LogP contribution in [0.3, 0.4) is 0 Å². The number of rotatable bonds is 5. The summed E-state index contributed by atoms with van der Waals surface area (Å²) in [6, 6.07) is 13.6. The maximum Gasteiger partial charge on any atom is 0.573 e. The molecule has 2 amide bonds. The van der Waals surface area contributed by atoms with Crippen molar-refractivity contribution in [2.24, 2.45) is 5.92 Å². The van der Waals surface area contributed by atoms with Crippen molar-refractivity contribution in [2.75, 3.05) is 0 Å². The number of alkyl halides is 3. The second kappa shape index (κ2) is 9.14. The number of fused-ring (bicyclic) bond motifs is 1. The van der Waals surface area contributed by atoms with Gasteiger partial charge in [0.2, 0.25) is 5.91 Å². The number of carbonyl (C=O) groups excluding carboxylic acids is 2. The van der Waals surface area contributed by atoms with Crippen molar-refractivity contribution in [1.82, 2.24) is 10.2 Å². The van der Waals surface area contributed by atoms with Gasteiger partial charge in [-0.25, -0.2) is 0 Å². The lowest BCUT2D eigenvalue weighted by atomic mass is 9.86. The molecule has 2 aliphatic rings. The Morgan fingerprint density at radius 2 is 1.76 bits per heavy atom. The first kappa shape index (κ1) is 22.6. The fourth-order valence-corrected chi connectivity index (χ4v) is 4.56. The fourth-order valence-electron chi connectivity index (χ4n) is 4.56. The van der Waals surface area contributed by atoms with Gasteiger partial charge in [-0.15, -0.1) is 13.2 Å². The van der Waals surface area contributed by atoms with E-state index in [1.807, 2.05) is 0 Å². The third-order valence-electron chi connectivity index (χ3n) is 6.14. The maximum absolute atomic E-state index is 13.2. The van der Waals surface area contributed by atoms with E-state index in [-0.39, 0.29) is 36.1 Å². The van der Waals surface area contributed by atoms with Gasteiger partial charge < -0.3 is 15.0 Å². The first-order valence-corrected chi connectivity index (χ1v) is 10.7. The van der Waals surface area contributed by atoms with Crippen LogP contribution in [0.2, 0.25) is 0 Å². The third kappa shape index (κ3) is 4.95. The maximum atomic E-state index is 13.2. The second-order valence-electron chi connectivity index (χ2n) is 8.25. The molecule has 4 rings (SSSR count). The van der Waals surface area contributed by atoms with Gasteiger partial charge in [0.05, 0.1) is 6.07 Å². The highest BCUT2D eigenvalue weighted by molar-refractivity contribution is 6.04. The molecule has 0 radical (unpaired) electrons. The van der Waals surface area contributed by atoms with Gasteiger partial charge in [0, 0.05) is 24.1 Å². The minimum Gasteiger partial charge on any atom is -0.406 e. The van der Waals surface area contributed by atoms with Crippen LogP contribution in [-0.2, 0) is 11.3 Å². The molecule has 1 N–H and O–H groups in total. The molecule has 1 atom stereocenters. The summed E-state index contributed by atoms with van der Waals surface area (Å²) < 4.78 is 40.8. The van der Waals surface area contributed by atoms with Crippen molar-refractivity contribution in [3.63, 3.8) is 0 Å². The van der Waals surface area contributed by atoms with Gasteiger partial charge in [-0.1, -0.05) is 30.3 Å². The van der Waals surface area contributed by atoms with E-state index >= 15 is 0 Å². The number of hydrogen-bond donors (Lipinski definition) is 1. The van der Waals surface area contributed by atoms with Gasteiger partial charge in [0.25, 0.3) is 5.91 Å².